The first-order valence-electron chi connectivity index (χ1n) is 10.9. The number of rotatable bonds is 4. The first-order valence-corrected chi connectivity index (χ1v) is 10.9. The van der Waals surface area contributed by atoms with Crippen molar-refractivity contribution >= 4 is 10.9 Å². The molecule has 0 saturated heterocycles. The molecule has 5 aromatic rings. The van der Waals surface area contributed by atoms with Gasteiger partial charge in [0.25, 0.3) is 0 Å². The lowest BCUT2D eigenvalue weighted by atomic mass is 9.90. The number of nitrogens with one attached hydrogen (secondary N) is 1. The molecule has 1 unspecified atom stereocenters. The Bertz CT molecular complexity index is 1430. The summed E-state index contributed by atoms with van der Waals surface area (Å²) in [5.74, 6) is 2.83. The molecule has 0 amide bonds. The lowest BCUT2D eigenvalue weighted by molar-refractivity contribution is 0.394. The van der Waals surface area contributed by atoms with Crippen molar-refractivity contribution in [2.24, 2.45) is 0 Å². The second kappa shape index (κ2) is 7.37. The molecule has 1 aliphatic rings. The van der Waals surface area contributed by atoms with E-state index >= 15 is 0 Å². The summed E-state index contributed by atoms with van der Waals surface area (Å²) in [5.41, 5.74) is 5.25. The molecule has 0 bridgehead atoms. The van der Waals surface area contributed by atoms with Crippen LogP contribution in [0, 0.1) is 6.92 Å². The fourth-order valence-electron chi connectivity index (χ4n) is 4.68. The van der Waals surface area contributed by atoms with Gasteiger partial charge in [0.05, 0.1) is 24.8 Å². The van der Waals surface area contributed by atoms with E-state index in [1.54, 1.807) is 7.11 Å². The van der Waals surface area contributed by atoms with E-state index in [4.69, 9.17) is 14.8 Å². The summed E-state index contributed by atoms with van der Waals surface area (Å²) in [6.07, 6.45) is 5.97. The van der Waals surface area contributed by atoms with Gasteiger partial charge in [-0.3, -0.25) is 0 Å². The number of para-hydroxylation sites is 1. The maximum absolute atomic E-state index is 5.62. The van der Waals surface area contributed by atoms with Gasteiger partial charge < -0.3 is 14.3 Å². The van der Waals surface area contributed by atoms with Gasteiger partial charge in [0.1, 0.15) is 11.6 Å². The maximum atomic E-state index is 5.62. The number of ether oxygens (including phenoxy) is 1. The zero-order valence-electron chi connectivity index (χ0n) is 18.1. The predicted molar refractivity (Wildman–Crippen MR) is 123 cm³/mol. The molecular weight excluding hydrogens is 400 g/mol. The molecule has 1 atom stereocenters. The van der Waals surface area contributed by atoms with Crippen molar-refractivity contribution in [1.82, 2.24) is 29.3 Å². The van der Waals surface area contributed by atoms with Crippen LogP contribution in [0.2, 0.25) is 0 Å². The number of nitrogens with zero attached hydrogens (tertiary/aromatic N) is 5. The number of hydrogen-bond donors (Lipinski definition) is 1. The lowest BCUT2D eigenvalue weighted by Crippen LogP contribution is -2.18. The topological polar surface area (TPSA) is 73.6 Å². The van der Waals surface area contributed by atoms with Crippen LogP contribution in [-0.4, -0.2) is 36.4 Å². The Kier molecular flexibility index (Phi) is 4.35. The minimum atomic E-state index is 0.182. The molecule has 6 rings (SSSR count). The molecule has 1 aliphatic heterocycles. The summed E-state index contributed by atoms with van der Waals surface area (Å²) < 4.78 is 9.72. The lowest BCUT2D eigenvalue weighted by Gasteiger charge is -2.23. The zero-order chi connectivity index (χ0) is 21.7. The summed E-state index contributed by atoms with van der Waals surface area (Å²) >= 11 is 0. The highest BCUT2D eigenvalue weighted by molar-refractivity contribution is 5.86. The molecule has 4 heterocycles. The van der Waals surface area contributed by atoms with Gasteiger partial charge in [-0.05, 0) is 50.1 Å². The summed E-state index contributed by atoms with van der Waals surface area (Å²) in [6.45, 7) is 2.88. The first kappa shape index (κ1) is 18.9. The van der Waals surface area contributed by atoms with E-state index in [2.05, 4.69) is 51.0 Å². The van der Waals surface area contributed by atoms with Gasteiger partial charge >= 0.3 is 0 Å². The molecule has 3 aromatic heterocycles. The molecule has 0 fully saturated rings. The second-order valence-corrected chi connectivity index (χ2v) is 8.33. The number of methoxy groups -OCH3 is 1. The van der Waals surface area contributed by atoms with E-state index in [0.717, 1.165) is 64.8 Å². The van der Waals surface area contributed by atoms with Gasteiger partial charge in [-0.2, -0.15) is 0 Å². The van der Waals surface area contributed by atoms with E-state index in [0.29, 0.717) is 0 Å². The van der Waals surface area contributed by atoms with Crippen LogP contribution in [0.4, 0.5) is 0 Å². The SMILES string of the molecule is COc1ccccc1C1CCCn2nc(-c3cc4cc(-n5cnc(C)c5)ccc4[nH]3)nc21. The normalized spacial score (nSPS) is 15.8. The van der Waals surface area contributed by atoms with Crippen LogP contribution >= 0.6 is 0 Å². The van der Waals surface area contributed by atoms with Crippen LogP contribution in [0.5, 0.6) is 5.75 Å². The highest BCUT2D eigenvalue weighted by Gasteiger charge is 2.28. The van der Waals surface area contributed by atoms with Gasteiger partial charge in [0, 0.05) is 40.8 Å². The van der Waals surface area contributed by atoms with Gasteiger partial charge in [-0.15, -0.1) is 5.10 Å². The molecular formula is C25H24N6O. The molecule has 0 radical (unpaired) electrons. The van der Waals surface area contributed by atoms with Gasteiger partial charge in [0.15, 0.2) is 5.82 Å². The first-order chi connectivity index (χ1) is 15.7. The monoisotopic (exact) mass is 424 g/mol. The van der Waals surface area contributed by atoms with E-state index in [-0.39, 0.29) is 5.92 Å². The van der Waals surface area contributed by atoms with E-state index < -0.39 is 0 Å². The molecule has 7 heteroatoms. The van der Waals surface area contributed by atoms with Gasteiger partial charge in [-0.25, -0.2) is 14.6 Å². The number of aryl methyl sites for hydroxylation is 2. The summed E-state index contributed by atoms with van der Waals surface area (Å²) in [5, 5.41) is 5.97. The predicted octanol–water partition coefficient (Wildman–Crippen LogP) is 4.85. The Morgan fingerprint density at radius 2 is 2.03 bits per heavy atom. The Labute approximate surface area is 185 Å². The number of hydrogen-bond acceptors (Lipinski definition) is 4. The molecule has 0 saturated carbocycles. The van der Waals surface area contributed by atoms with Crippen molar-refractivity contribution in [3.8, 4) is 23.0 Å². The van der Waals surface area contributed by atoms with Crippen LogP contribution < -0.4 is 4.74 Å². The molecule has 32 heavy (non-hydrogen) atoms. The quantitative estimate of drug-likeness (QED) is 0.447. The average molecular weight is 425 g/mol. The van der Waals surface area contributed by atoms with Crippen molar-refractivity contribution < 1.29 is 4.74 Å². The van der Waals surface area contributed by atoms with Gasteiger partial charge in [-0.1, -0.05) is 18.2 Å². The number of fused-ring (bicyclic) bond motifs is 2. The smallest absolute Gasteiger partial charge is 0.197 e. The van der Waals surface area contributed by atoms with E-state index in [9.17, 15) is 0 Å². The van der Waals surface area contributed by atoms with Crippen LogP contribution in [-0.2, 0) is 6.54 Å². The third-order valence-corrected chi connectivity index (χ3v) is 6.24. The fraction of sp³-hybridized carbons (Fsp3) is 0.240. The summed E-state index contributed by atoms with van der Waals surface area (Å²) in [4.78, 5) is 12.8. The third-order valence-electron chi connectivity index (χ3n) is 6.24. The number of aromatic amines is 1. The Hall–Kier alpha value is -3.87. The van der Waals surface area contributed by atoms with Gasteiger partial charge in [0.2, 0.25) is 0 Å². The minimum Gasteiger partial charge on any atom is -0.496 e. The molecule has 0 spiro atoms. The fourth-order valence-corrected chi connectivity index (χ4v) is 4.68. The molecule has 1 N–H and O–H groups in total. The van der Waals surface area contributed by atoms with E-state index in [1.165, 1.54) is 5.56 Å². The van der Waals surface area contributed by atoms with Crippen molar-refractivity contribution in [3.63, 3.8) is 0 Å². The standard InChI is InChI=1S/C25H24N6O/c1-16-14-30(15-26-16)18-9-10-21-17(12-18)13-22(27-21)24-28-25-20(7-5-11-31(25)29-24)19-6-3-4-8-23(19)32-2/h3-4,6,8-10,12-15,20,27H,5,7,11H2,1-2H3. The van der Waals surface area contributed by atoms with Crippen LogP contribution in [0.3, 0.4) is 0 Å². The minimum absolute atomic E-state index is 0.182. The maximum Gasteiger partial charge on any atom is 0.197 e. The molecule has 7 nitrogen and oxygen atoms in total. The van der Waals surface area contributed by atoms with E-state index in [1.807, 2.05) is 36.1 Å². The Morgan fingerprint density at radius 1 is 1.12 bits per heavy atom. The largest absolute Gasteiger partial charge is 0.496 e. The van der Waals surface area contributed by atoms with Crippen molar-refractivity contribution in [3.05, 3.63) is 78.1 Å². The highest BCUT2D eigenvalue weighted by Crippen LogP contribution is 2.38. The highest BCUT2D eigenvalue weighted by atomic mass is 16.5. The van der Waals surface area contributed by atoms with Crippen molar-refractivity contribution in [2.45, 2.75) is 32.2 Å². The number of benzene rings is 2. The molecule has 160 valence electrons. The molecule has 0 aliphatic carbocycles. The molecule has 2 aromatic carbocycles. The van der Waals surface area contributed by atoms with Crippen LogP contribution in [0.1, 0.15) is 35.8 Å². The number of H-pyrrole nitrogens is 1. The van der Waals surface area contributed by atoms with Crippen LogP contribution in [0.25, 0.3) is 28.1 Å². The second-order valence-electron chi connectivity index (χ2n) is 8.33. The zero-order valence-corrected chi connectivity index (χ0v) is 18.1. The van der Waals surface area contributed by atoms with Crippen molar-refractivity contribution in [1.29, 1.82) is 0 Å². The van der Waals surface area contributed by atoms with Crippen molar-refractivity contribution in [2.75, 3.05) is 7.11 Å². The summed E-state index contributed by atoms with van der Waals surface area (Å²) in [6, 6.07) is 16.7. The average Bonchev–Trinajstić information content (AvgIpc) is 3.55. The van der Waals surface area contributed by atoms with Crippen LogP contribution in [0.15, 0.2) is 61.1 Å². The number of imidazole rings is 1. The Balaban J connectivity index is 1.39. The number of aromatic nitrogens is 6. The third kappa shape index (κ3) is 3.09. The Morgan fingerprint density at radius 3 is 2.88 bits per heavy atom. The summed E-state index contributed by atoms with van der Waals surface area (Å²) in [7, 11) is 1.72.